The molecule has 1 atom stereocenters. The SMILES string of the molecule is Cc1cccc(CC(CNC(=O)c2cc3c([nH]c2=O)CCCCC3)C(=O)O)c1. The van der Waals surface area contributed by atoms with E-state index in [2.05, 4.69) is 10.3 Å². The van der Waals surface area contributed by atoms with Crippen LogP contribution in [0.4, 0.5) is 0 Å². The summed E-state index contributed by atoms with van der Waals surface area (Å²) in [6.07, 6.45) is 5.17. The van der Waals surface area contributed by atoms with Crippen LogP contribution in [0.5, 0.6) is 0 Å². The highest BCUT2D eigenvalue weighted by atomic mass is 16.4. The third kappa shape index (κ3) is 4.88. The second-order valence-corrected chi connectivity index (χ2v) is 7.51. The average Bonchev–Trinajstić information content (AvgIpc) is 2.88. The molecule has 1 aliphatic rings. The predicted octanol–water partition coefficient (Wildman–Crippen LogP) is 2.63. The first kappa shape index (κ1) is 19.9. The minimum absolute atomic E-state index is 0.0291. The van der Waals surface area contributed by atoms with Gasteiger partial charge >= 0.3 is 5.97 Å². The first-order valence-corrected chi connectivity index (χ1v) is 9.75. The first-order chi connectivity index (χ1) is 13.4. The van der Waals surface area contributed by atoms with Gasteiger partial charge in [0.15, 0.2) is 0 Å². The van der Waals surface area contributed by atoms with Crippen molar-refractivity contribution < 1.29 is 14.7 Å². The van der Waals surface area contributed by atoms with Crippen molar-refractivity contribution in [3.63, 3.8) is 0 Å². The van der Waals surface area contributed by atoms with E-state index in [1.54, 1.807) is 6.07 Å². The topological polar surface area (TPSA) is 99.3 Å². The molecule has 1 amide bonds. The van der Waals surface area contributed by atoms with Gasteiger partial charge in [0, 0.05) is 12.2 Å². The predicted molar refractivity (Wildman–Crippen MR) is 107 cm³/mol. The molecule has 0 radical (unpaired) electrons. The summed E-state index contributed by atoms with van der Waals surface area (Å²) < 4.78 is 0. The van der Waals surface area contributed by atoms with Gasteiger partial charge in [0.1, 0.15) is 5.56 Å². The largest absolute Gasteiger partial charge is 0.481 e. The lowest BCUT2D eigenvalue weighted by Crippen LogP contribution is -2.36. The van der Waals surface area contributed by atoms with E-state index in [0.29, 0.717) is 6.42 Å². The molecule has 6 nitrogen and oxygen atoms in total. The van der Waals surface area contributed by atoms with Crippen LogP contribution >= 0.6 is 0 Å². The second-order valence-electron chi connectivity index (χ2n) is 7.51. The van der Waals surface area contributed by atoms with Crippen molar-refractivity contribution in [3.8, 4) is 0 Å². The number of rotatable bonds is 6. The van der Waals surface area contributed by atoms with E-state index in [9.17, 15) is 19.5 Å². The van der Waals surface area contributed by atoms with Gasteiger partial charge in [-0.05, 0) is 56.2 Å². The Labute approximate surface area is 164 Å². The molecule has 1 aromatic heterocycles. The van der Waals surface area contributed by atoms with Gasteiger partial charge in [0.2, 0.25) is 0 Å². The number of fused-ring (bicyclic) bond motifs is 1. The number of aromatic nitrogens is 1. The van der Waals surface area contributed by atoms with Gasteiger partial charge in [-0.1, -0.05) is 36.2 Å². The molecule has 0 saturated carbocycles. The van der Waals surface area contributed by atoms with Gasteiger partial charge in [-0.2, -0.15) is 0 Å². The molecule has 0 bridgehead atoms. The van der Waals surface area contributed by atoms with Crippen LogP contribution in [-0.2, 0) is 24.1 Å². The highest BCUT2D eigenvalue weighted by Crippen LogP contribution is 2.18. The van der Waals surface area contributed by atoms with Crippen LogP contribution in [-0.4, -0.2) is 28.5 Å². The number of aromatic amines is 1. The van der Waals surface area contributed by atoms with Gasteiger partial charge < -0.3 is 15.4 Å². The summed E-state index contributed by atoms with van der Waals surface area (Å²) in [6.45, 7) is 1.92. The van der Waals surface area contributed by atoms with E-state index in [1.165, 1.54) is 0 Å². The molecule has 28 heavy (non-hydrogen) atoms. The Balaban J connectivity index is 1.70. The highest BCUT2D eigenvalue weighted by molar-refractivity contribution is 5.94. The van der Waals surface area contributed by atoms with Crippen LogP contribution in [0.1, 0.15) is 52.0 Å². The number of amides is 1. The number of carboxylic acids is 1. The van der Waals surface area contributed by atoms with E-state index in [1.807, 2.05) is 31.2 Å². The Morgan fingerprint density at radius 3 is 2.71 bits per heavy atom. The average molecular weight is 382 g/mol. The third-order valence-corrected chi connectivity index (χ3v) is 5.26. The molecule has 1 unspecified atom stereocenters. The molecule has 3 rings (SSSR count). The molecule has 1 aromatic carbocycles. The van der Waals surface area contributed by atoms with E-state index >= 15 is 0 Å². The van der Waals surface area contributed by atoms with Gasteiger partial charge in [-0.15, -0.1) is 0 Å². The van der Waals surface area contributed by atoms with Crippen molar-refractivity contribution in [1.29, 1.82) is 0 Å². The normalized spacial score (nSPS) is 14.6. The van der Waals surface area contributed by atoms with Gasteiger partial charge in [0.05, 0.1) is 5.92 Å². The minimum atomic E-state index is -0.974. The number of carboxylic acid groups (broad SMARTS) is 1. The summed E-state index contributed by atoms with van der Waals surface area (Å²) in [4.78, 5) is 39.3. The lowest BCUT2D eigenvalue weighted by molar-refractivity contribution is -0.141. The Bertz CT molecular complexity index is 932. The van der Waals surface area contributed by atoms with Crippen molar-refractivity contribution in [2.45, 2.75) is 45.4 Å². The summed E-state index contributed by atoms with van der Waals surface area (Å²) in [5, 5.41) is 12.2. The van der Waals surface area contributed by atoms with E-state index in [4.69, 9.17) is 0 Å². The molecule has 1 aliphatic carbocycles. The monoisotopic (exact) mass is 382 g/mol. The fourth-order valence-electron chi connectivity index (χ4n) is 3.70. The van der Waals surface area contributed by atoms with Crippen LogP contribution in [0.3, 0.4) is 0 Å². The van der Waals surface area contributed by atoms with Crippen molar-refractivity contribution in [2.75, 3.05) is 6.54 Å². The van der Waals surface area contributed by atoms with Crippen molar-refractivity contribution >= 4 is 11.9 Å². The van der Waals surface area contributed by atoms with Gasteiger partial charge in [0.25, 0.3) is 11.5 Å². The molecule has 0 fully saturated rings. The molecule has 0 aliphatic heterocycles. The smallest absolute Gasteiger partial charge is 0.308 e. The zero-order valence-electron chi connectivity index (χ0n) is 16.1. The van der Waals surface area contributed by atoms with Crippen LogP contribution < -0.4 is 10.9 Å². The lowest BCUT2D eigenvalue weighted by atomic mass is 9.98. The maximum absolute atomic E-state index is 12.5. The minimum Gasteiger partial charge on any atom is -0.481 e. The molecule has 6 heteroatoms. The summed E-state index contributed by atoms with van der Waals surface area (Å²) >= 11 is 0. The number of benzene rings is 1. The molecular weight excluding hydrogens is 356 g/mol. The number of hydrogen-bond acceptors (Lipinski definition) is 3. The Kier molecular flexibility index (Phi) is 6.29. The van der Waals surface area contributed by atoms with Gasteiger partial charge in [-0.25, -0.2) is 0 Å². The fraction of sp³-hybridized carbons (Fsp3) is 0.409. The quantitative estimate of drug-likeness (QED) is 0.669. The molecular formula is C22H26N2O4. The number of H-pyrrole nitrogens is 1. The molecule has 0 saturated heterocycles. The Morgan fingerprint density at radius 2 is 1.96 bits per heavy atom. The summed E-state index contributed by atoms with van der Waals surface area (Å²) in [7, 11) is 0. The van der Waals surface area contributed by atoms with E-state index in [-0.39, 0.29) is 12.1 Å². The molecule has 148 valence electrons. The Morgan fingerprint density at radius 1 is 1.18 bits per heavy atom. The maximum Gasteiger partial charge on any atom is 0.308 e. The second kappa shape index (κ2) is 8.87. The maximum atomic E-state index is 12.5. The molecule has 1 heterocycles. The summed E-state index contributed by atoms with van der Waals surface area (Å²) in [5.41, 5.74) is 3.54. The van der Waals surface area contributed by atoms with Crippen molar-refractivity contribution in [1.82, 2.24) is 10.3 Å². The molecule has 0 spiro atoms. The first-order valence-electron chi connectivity index (χ1n) is 9.75. The molecule has 2 aromatic rings. The number of pyridine rings is 1. The zero-order valence-corrected chi connectivity index (χ0v) is 16.1. The van der Waals surface area contributed by atoms with E-state index < -0.39 is 23.4 Å². The molecule has 3 N–H and O–H groups in total. The number of nitrogens with one attached hydrogen (secondary N) is 2. The highest BCUT2D eigenvalue weighted by Gasteiger charge is 2.21. The van der Waals surface area contributed by atoms with Crippen molar-refractivity contribution in [2.24, 2.45) is 5.92 Å². The lowest BCUT2D eigenvalue weighted by Gasteiger charge is -2.14. The summed E-state index contributed by atoms with van der Waals surface area (Å²) in [6, 6.07) is 9.32. The fourth-order valence-corrected chi connectivity index (χ4v) is 3.70. The summed E-state index contributed by atoms with van der Waals surface area (Å²) in [5.74, 6) is -2.26. The van der Waals surface area contributed by atoms with Crippen LogP contribution in [0, 0.1) is 12.8 Å². The number of aliphatic carboxylic acids is 1. The van der Waals surface area contributed by atoms with Crippen LogP contribution in [0.15, 0.2) is 35.1 Å². The number of hydrogen-bond donors (Lipinski definition) is 3. The van der Waals surface area contributed by atoms with Crippen molar-refractivity contribution in [3.05, 3.63) is 68.6 Å². The third-order valence-electron chi connectivity index (χ3n) is 5.26. The van der Waals surface area contributed by atoms with Gasteiger partial charge in [-0.3, -0.25) is 14.4 Å². The number of aryl methyl sites for hydroxylation is 3. The number of carbonyl (C=O) groups excluding carboxylic acids is 1. The van der Waals surface area contributed by atoms with Crippen LogP contribution in [0.2, 0.25) is 0 Å². The van der Waals surface area contributed by atoms with Crippen LogP contribution in [0.25, 0.3) is 0 Å². The zero-order chi connectivity index (χ0) is 20.1. The standard InChI is InChI=1S/C22H26N2O4/c1-14-6-5-7-15(10-14)11-17(22(27)28)13-23-20(25)18-12-16-8-3-2-4-9-19(16)24-21(18)26/h5-7,10,12,17H,2-4,8-9,11,13H2,1H3,(H,23,25)(H,24,26)(H,27,28). The Hall–Kier alpha value is -2.89. The van der Waals surface area contributed by atoms with E-state index in [0.717, 1.165) is 54.5 Å². The number of carbonyl (C=O) groups is 2.